The number of nitrogens with zero attached hydrogens (tertiary/aromatic N) is 5. The maximum atomic E-state index is 13.1. The molecule has 2 N–H and O–H groups in total. The van der Waals surface area contributed by atoms with Gasteiger partial charge in [-0.3, -0.25) is 10.1 Å². The maximum Gasteiger partial charge on any atom is 0.324 e. The average molecular weight is 798 g/mol. The van der Waals surface area contributed by atoms with Crippen molar-refractivity contribution in [1.82, 2.24) is 24.6 Å². The normalized spacial score (nSPS) is 11.1. The number of carbonyl (C=O) groups is 2. The molecule has 0 fully saturated rings. The third kappa shape index (κ3) is 11.7. The molecular weight excluding hydrogens is 752 g/mol. The highest BCUT2D eigenvalue weighted by Crippen LogP contribution is 2.39. The first-order chi connectivity index (χ1) is 22.2. The Morgan fingerprint density at radius 1 is 1.04 bits per heavy atom. The van der Waals surface area contributed by atoms with E-state index in [9.17, 15) is 9.59 Å². The molecule has 0 atom stereocenters. The Bertz CT molecular complexity index is 1660. The number of anilines is 2. The Morgan fingerprint density at radius 2 is 1.72 bits per heavy atom. The van der Waals surface area contributed by atoms with Crippen LogP contribution >= 0.6 is 45.8 Å². The maximum absolute atomic E-state index is 13.1. The second-order valence-corrected chi connectivity index (χ2v) is 12.6. The highest BCUT2D eigenvalue weighted by atomic mass is 127. The van der Waals surface area contributed by atoms with Crippen LogP contribution in [0.3, 0.4) is 0 Å². The first-order valence-corrected chi connectivity index (χ1v) is 16.7. The smallest absolute Gasteiger partial charge is 0.324 e. The van der Waals surface area contributed by atoms with Crippen LogP contribution in [0.25, 0.3) is 5.69 Å². The summed E-state index contributed by atoms with van der Waals surface area (Å²) in [5.74, 6) is 1.03. The molecule has 2 aromatic heterocycles. The standard InChI is InChI=1S/C32H37Cl2N7O3.CH3I.CH4/c1-20-9-11-22(12-10-20)41-27(18-26(39-41)32(2,3)4)38-31(43)37-24-13-14-25(30(34)29(24)33)44-28-17-21(35-19-36-28)16-23(42)8-7-15-40(5)6;1-2;/h9-14,17-19H,7-8,15-16H2,1-6H3,(H2,37,38,43);1H3;1H4/i;1D;. The number of hydrogen-bond donors (Lipinski definition) is 2. The van der Waals surface area contributed by atoms with E-state index in [2.05, 4.69) is 41.4 Å². The number of benzene rings is 2. The van der Waals surface area contributed by atoms with E-state index in [0.29, 0.717) is 22.8 Å². The van der Waals surface area contributed by atoms with Crippen LogP contribution in [-0.4, -0.2) is 62.0 Å². The number of aryl methyl sites for hydroxylation is 1. The van der Waals surface area contributed by atoms with E-state index in [4.69, 9.17) is 34.4 Å². The molecule has 4 rings (SSSR count). The molecule has 13 heteroatoms. The van der Waals surface area contributed by atoms with Gasteiger partial charge in [0.15, 0.2) is 0 Å². The molecule has 2 heterocycles. The van der Waals surface area contributed by atoms with Crippen LogP contribution in [0, 0.1) is 6.92 Å². The van der Waals surface area contributed by atoms with E-state index >= 15 is 0 Å². The summed E-state index contributed by atoms with van der Waals surface area (Å²) in [6.07, 6.45) is 2.76. The molecule has 0 bridgehead atoms. The summed E-state index contributed by atoms with van der Waals surface area (Å²) < 4.78 is 13.8. The van der Waals surface area contributed by atoms with Crippen molar-refractivity contribution >= 4 is 69.1 Å². The van der Waals surface area contributed by atoms with Crippen molar-refractivity contribution in [3.63, 3.8) is 0 Å². The summed E-state index contributed by atoms with van der Waals surface area (Å²) >= 11 is 15.0. The summed E-state index contributed by atoms with van der Waals surface area (Å²) in [6, 6.07) is 13.9. The van der Waals surface area contributed by atoms with E-state index in [0.717, 1.165) is 29.9 Å². The molecule has 0 unspecified atom stereocenters. The minimum Gasteiger partial charge on any atom is -0.437 e. The van der Waals surface area contributed by atoms with E-state index in [1.54, 1.807) is 22.9 Å². The first kappa shape index (κ1) is 38.2. The summed E-state index contributed by atoms with van der Waals surface area (Å²) in [5.41, 5.74) is 3.33. The highest BCUT2D eigenvalue weighted by Gasteiger charge is 2.22. The monoisotopic (exact) mass is 796 g/mol. The molecule has 10 nitrogen and oxygen atoms in total. The second kappa shape index (κ2) is 18.3. The van der Waals surface area contributed by atoms with Gasteiger partial charge in [-0.25, -0.2) is 19.4 Å². The summed E-state index contributed by atoms with van der Waals surface area (Å²) in [6.45, 7) is 9.01. The van der Waals surface area contributed by atoms with Gasteiger partial charge in [0, 0.05) is 31.8 Å². The van der Waals surface area contributed by atoms with Gasteiger partial charge < -0.3 is 15.0 Å². The van der Waals surface area contributed by atoms with Crippen LogP contribution in [0.15, 0.2) is 54.9 Å². The third-order valence-corrected chi connectivity index (χ3v) is 7.51. The molecule has 0 aliphatic rings. The van der Waals surface area contributed by atoms with E-state index in [-0.39, 0.29) is 52.4 Å². The fraction of sp³-hybridized carbons (Fsp3) is 0.382. The lowest BCUT2D eigenvalue weighted by Gasteiger charge is -2.14. The minimum absolute atomic E-state index is 0. The molecule has 0 radical (unpaired) electrons. The van der Waals surface area contributed by atoms with E-state index in [1.165, 1.54) is 6.33 Å². The van der Waals surface area contributed by atoms with Crippen molar-refractivity contribution in [2.24, 2.45) is 0 Å². The van der Waals surface area contributed by atoms with Crippen molar-refractivity contribution in [2.45, 2.75) is 59.8 Å². The zero-order valence-corrected chi connectivity index (χ0v) is 30.5. The largest absolute Gasteiger partial charge is 0.437 e. The van der Waals surface area contributed by atoms with Crippen LogP contribution in [-0.2, 0) is 16.6 Å². The zero-order valence-electron chi connectivity index (χ0n) is 27.8. The van der Waals surface area contributed by atoms with Crippen LogP contribution in [0.2, 0.25) is 10.0 Å². The predicted molar refractivity (Wildman–Crippen MR) is 201 cm³/mol. The molecule has 0 saturated heterocycles. The average Bonchev–Trinajstić information content (AvgIpc) is 3.42. The number of aromatic nitrogens is 4. The van der Waals surface area contributed by atoms with E-state index < -0.39 is 6.03 Å². The fourth-order valence-electron chi connectivity index (χ4n) is 4.22. The first-order valence-electron chi connectivity index (χ1n) is 15.2. The molecule has 4 aromatic rings. The third-order valence-electron chi connectivity index (χ3n) is 6.65. The van der Waals surface area contributed by atoms with Gasteiger partial charge in [0.05, 0.1) is 27.8 Å². The Labute approximate surface area is 303 Å². The second-order valence-electron chi connectivity index (χ2n) is 11.8. The lowest BCUT2D eigenvalue weighted by molar-refractivity contribution is -0.118. The number of ether oxygens (including phenoxy) is 1. The molecule has 0 aliphatic heterocycles. The molecule has 0 saturated carbocycles. The van der Waals surface area contributed by atoms with Crippen LogP contribution in [0.4, 0.5) is 16.3 Å². The molecule has 2 amide bonds. The number of carbonyl (C=O) groups excluding carboxylic acids is 2. The topological polar surface area (TPSA) is 114 Å². The Kier molecular flexibility index (Phi) is 14.9. The number of alkyl halides is 1. The number of halogens is 3. The van der Waals surface area contributed by atoms with Crippen LogP contribution in [0.1, 0.15) is 59.4 Å². The highest BCUT2D eigenvalue weighted by molar-refractivity contribution is 14.1. The predicted octanol–water partition coefficient (Wildman–Crippen LogP) is 9.15. The number of urea groups is 1. The van der Waals surface area contributed by atoms with Crippen LogP contribution in [0.5, 0.6) is 11.6 Å². The van der Waals surface area contributed by atoms with E-state index in [1.807, 2.05) is 78.8 Å². The van der Waals surface area contributed by atoms with Crippen molar-refractivity contribution in [3.05, 3.63) is 81.9 Å². The van der Waals surface area contributed by atoms with Gasteiger partial charge in [0.25, 0.3) is 0 Å². The van der Waals surface area contributed by atoms with Gasteiger partial charge >= 0.3 is 6.03 Å². The van der Waals surface area contributed by atoms with Gasteiger partial charge in [0.2, 0.25) is 5.88 Å². The Hall–Kier alpha value is -3.26. The van der Waals surface area contributed by atoms with Gasteiger partial charge in [-0.1, -0.05) is 91.7 Å². The molecule has 2 aromatic carbocycles. The minimum atomic E-state index is -0.527. The number of hydrogen-bond acceptors (Lipinski definition) is 7. The van der Waals surface area contributed by atoms with Crippen molar-refractivity contribution in [1.29, 1.82) is 0 Å². The number of ketones is 1. The van der Waals surface area contributed by atoms with Gasteiger partial charge in [0.1, 0.15) is 28.7 Å². The SMILES string of the molecule is C.Cc1ccc(-n2nc(C(C)(C)C)cc2NC(=O)Nc2ccc(Oc3cc(CC(=O)CCCN(C)C)ncn3)c(Cl)c2Cl)cc1.[2H]CI. The van der Waals surface area contributed by atoms with Gasteiger partial charge in [-0.15, -0.1) is 0 Å². The number of Topliss-reactive ketones (excluding diaryl/α,β-unsaturated/α-hetero) is 1. The molecule has 0 aliphatic carbocycles. The molecule has 254 valence electrons. The van der Waals surface area contributed by atoms with Gasteiger partial charge in [-0.05, 0) is 63.2 Å². The number of nitrogens with one attached hydrogen (secondary N) is 2. The molecule has 47 heavy (non-hydrogen) atoms. The summed E-state index contributed by atoms with van der Waals surface area (Å²) in [7, 11) is 3.94. The van der Waals surface area contributed by atoms with Crippen molar-refractivity contribution in [2.75, 3.05) is 36.2 Å². The van der Waals surface area contributed by atoms with Crippen LogP contribution < -0.4 is 15.4 Å². The fourth-order valence-corrected chi connectivity index (χ4v) is 4.63. The van der Waals surface area contributed by atoms with Gasteiger partial charge in [-0.2, -0.15) is 5.10 Å². The number of amides is 2. The molecular formula is C34H44Cl2IN7O3. The van der Waals surface area contributed by atoms with Crippen molar-refractivity contribution < 1.29 is 15.7 Å². The lowest BCUT2D eigenvalue weighted by atomic mass is 9.92. The number of rotatable bonds is 11. The quantitative estimate of drug-likeness (QED) is 0.115. The Morgan fingerprint density at radius 3 is 2.36 bits per heavy atom. The van der Waals surface area contributed by atoms with Crippen molar-refractivity contribution in [3.8, 4) is 17.3 Å². The lowest BCUT2D eigenvalue weighted by Crippen LogP contribution is -2.21. The Balaban J connectivity index is 0.00000193. The summed E-state index contributed by atoms with van der Waals surface area (Å²) in [5, 5.41) is 10.6. The zero-order chi connectivity index (χ0) is 34.7. The summed E-state index contributed by atoms with van der Waals surface area (Å²) in [4.78, 5) is 36.3. The molecule has 0 spiro atoms.